The van der Waals surface area contributed by atoms with E-state index in [-0.39, 0.29) is 17.1 Å². The number of fused-ring (bicyclic) bond motifs is 1. The molecule has 0 aliphatic heterocycles. The van der Waals surface area contributed by atoms with E-state index < -0.39 is 0 Å². The minimum absolute atomic E-state index is 0.0395. The van der Waals surface area contributed by atoms with Gasteiger partial charge in [0.05, 0.1) is 16.7 Å². The summed E-state index contributed by atoms with van der Waals surface area (Å²) in [6, 6.07) is 15.0. The number of aryl methyl sites for hydroxylation is 1. The molecular formula is C20H20N2O2S. The van der Waals surface area contributed by atoms with Gasteiger partial charge in [-0.3, -0.25) is 14.2 Å². The molecule has 128 valence electrons. The Bertz CT molecular complexity index is 962. The maximum Gasteiger partial charge on any atom is 0.262 e. The third-order valence-corrected chi connectivity index (χ3v) is 5.14. The van der Waals surface area contributed by atoms with Gasteiger partial charge in [0.15, 0.2) is 10.9 Å². The minimum Gasteiger partial charge on any atom is -0.293 e. The van der Waals surface area contributed by atoms with Crippen molar-refractivity contribution in [2.45, 2.75) is 32.0 Å². The number of para-hydroxylation sites is 1. The lowest BCUT2D eigenvalue weighted by atomic mass is 10.1. The molecule has 0 spiro atoms. The summed E-state index contributed by atoms with van der Waals surface area (Å²) in [5, 5.41) is 1.19. The fraction of sp³-hybridized carbons (Fsp3) is 0.250. The van der Waals surface area contributed by atoms with Crippen molar-refractivity contribution in [3.63, 3.8) is 0 Å². The molecule has 0 radical (unpaired) electrons. The van der Waals surface area contributed by atoms with Crippen molar-refractivity contribution in [3.8, 4) is 0 Å². The third kappa shape index (κ3) is 3.66. The van der Waals surface area contributed by atoms with Crippen LogP contribution in [0.4, 0.5) is 0 Å². The largest absolute Gasteiger partial charge is 0.293 e. The first-order chi connectivity index (χ1) is 12.1. The highest BCUT2D eigenvalue weighted by Crippen LogP contribution is 2.19. The predicted molar refractivity (Wildman–Crippen MR) is 103 cm³/mol. The Hall–Kier alpha value is -2.40. The van der Waals surface area contributed by atoms with Gasteiger partial charge in [-0.25, -0.2) is 4.98 Å². The van der Waals surface area contributed by atoms with E-state index in [1.807, 2.05) is 49.4 Å². The minimum atomic E-state index is -0.0599. The molecule has 4 nitrogen and oxygen atoms in total. The maximum atomic E-state index is 12.6. The van der Waals surface area contributed by atoms with Crippen LogP contribution >= 0.6 is 11.8 Å². The first-order valence-corrected chi connectivity index (χ1v) is 9.37. The number of rotatable bonds is 6. The van der Waals surface area contributed by atoms with Crippen LogP contribution in [0.1, 0.15) is 29.8 Å². The van der Waals surface area contributed by atoms with E-state index in [0.29, 0.717) is 28.2 Å². The summed E-state index contributed by atoms with van der Waals surface area (Å²) in [6.45, 7) is 4.52. The number of carbonyl (C=O) groups is 1. The van der Waals surface area contributed by atoms with Gasteiger partial charge in [0.2, 0.25) is 0 Å². The van der Waals surface area contributed by atoms with E-state index in [1.54, 1.807) is 10.6 Å². The van der Waals surface area contributed by atoms with Gasteiger partial charge >= 0.3 is 0 Å². The summed E-state index contributed by atoms with van der Waals surface area (Å²) in [7, 11) is 0. The molecular weight excluding hydrogens is 332 g/mol. The molecule has 0 unspecified atom stereocenters. The van der Waals surface area contributed by atoms with Gasteiger partial charge < -0.3 is 0 Å². The van der Waals surface area contributed by atoms with Crippen molar-refractivity contribution >= 4 is 28.4 Å². The van der Waals surface area contributed by atoms with Crippen LogP contribution in [0.5, 0.6) is 0 Å². The summed E-state index contributed by atoms with van der Waals surface area (Å²) >= 11 is 1.32. The van der Waals surface area contributed by atoms with Crippen LogP contribution < -0.4 is 5.56 Å². The van der Waals surface area contributed by atoms with Crippen molar-refractivity contribution in [1.29, 1.82) is 0 Å². The Kier molecular flexibility index (Phi) is 5.34. The van der Waals surface area contributed by atoms with E-state index >= 15 is 0 Å². The molecule has 0 N–H and O–H groups in total. The highest BCUT2D eigenvalue weighted by molar-refractivity contribution is 7.99. The zero-order valence-electron chi connectivity index (χ0n) is 14.4. The SMILES string of the molecule is CCc1ccc(C(=O)CSc2nc3ccccc3c(=O)n2CC)cc1. The summed E-state index contributed by atoms with van der Waals surface area (Å²) in [5.74, 6) is 0.300. The molecule has 5 heteroatoms. The molecule has 2 aromatic carbocycles. The molecule has 3 rings (SSSR count). The number of carbonyl (C=O) groups excluding carboxylic acids is 1. The molecule has 0 aliphatic carbocycles. The second-order valence-corrected chi connectivity index (χ2v) is 6.67. The lowest BCUT2D eigenvalue weighted by molar-refractivity contribution is 0.102. The second kappa shape index (κ2) is 7.66. The average molecular weight is 352 g/mol. The van der Waals surface area contributed by atoms with Crippen molar-refractivity contribution in [3.05, 3.63) is 70.0 Å². The molecule has 0 saturated heterocycles. The number of thioether (sulfide) groups is 1. The van der Waals surface area contributed by atoms with Gasteiger partial charge in [-0.15, -0.1) is 0 Å². The molecule has 0 bridgehead atoms. The molecule has 25 heavy (non-hydrogen) atoms. The van der Waals surface area contributed by atoms with Crippen LogP contribution in [0.25, 0.3) is 10.9 Å². The van der Waals surface area contributed by atoms with Crippen LogP contribution in [0, 0.1) is 0 Å². The Morgan fingerprint density at radius 1 is 1.08 bits per heavy atom. The second-order valence-electron chi connectivity index (χ2n) is 5.72. The van der Waals surface area contributed by atoms with Crippen LogP contribution in [0.2, 0.25) is 0 Å². The Morgan fingerprint density at radius 2 is 1.80 bits per heavy atom. The lowest BCUT2D eigenvalue weighted by Gasteiger charge is -2.11. The fourth-order valence-electron chi connectivity index (χ4n) is 2.68. The van der Waals surface area contributed by atoms with Crippen LogP contribution in [0.3, 0.4) is 0 Å². The van der Waals surface area contributed by atoms with Gasteiger partial charge in [-0.2, -0.15) is 0 Å². The highest BCUT2D eigenvalue weighted by atomic mass is 32.2. The molecule has 0 saturated carbocycles. The van der Waals surface area contributed by atoms with Crippen molar-refractivity contribution in [1.82, 2.24) is 9.55 Å². The van der Waals surface area contributed by atoms with Gasteiger partial charge in [0.1, 0.15) is 0 Å². The predicted octanol–water partition coefficient (Wildman–Crippen LogP) is 3.95. The van der Waals surface area contributed by atoms with Crippen molar-refractivity contribution < 1.29 is 4.79 Å². The molecule has 1 heterocycles. The number of Topliss-reactive ketones (excluding diaryl/α,β-unsaturated/α-hetero) is 1. The molecule has 0 aliphatic rings. The average Bonchev–Trinajstić information content (AvgIpc) is 2.66. The van der Waals surface area contributed by atoms with E-state index in [2.05, 4.69) is 11.9 Å². The number of hydrogen-bond donors (Lipinski definition) is 0. The number of ketones is 1. The number of hydrogen-bond acceptors (Lipinski definition) is 4. The van der Waals surface area contributed by atoms with E-state index in [9.17, 15) is 9.59 Å². The van der Waals surface area contributed by atoms with E-state index in [4.69, 9.17) is 0 Å². The molecule has 3 aromatic rings. The number of nitrogens with zero attached hydrogens (tertiary/aromatic N) is 2. The lowest BCUT2D eigenvalue weighted by Crippen LogP contribution is -2.22. The van der Waals surface area contributed by atoms with Crippen molar-refractivity contribution in [2.24, 2.45) is 0 Å². The van der Waals surface area contributed by atoms with E-state index in [1.165, 1.54) is 17.3 Å². The number of benzene rings is 2. The van der Waals surface area contributed by atoms with Gasteiger partial charge in [0, 0.05) is 12.1 Å². The Balaban J connectivity index is 1.84. The maximum absolute atomic E-state index is 12.6. The summed E-state index contributed by atoms with van der Waals surface area (Å²) in [4.78, 5) is 29.6. The monoisotopic (exact) mass is 352 g/mol. The van der Waals surface area contributed by atoms with Crippen molar-refractivity contribution in [2.75, 3.05) is 5.75 Å². The standard InChI is InChI=1S/C20H20N2O2S/c1-3-14-9-11-15(12-10-14)18(23)13-25-20-21-17-8-6-5-7-16(17)19(24)22(20)4-2/h5-12H,3-4,13H2,1-2H3. The van der Waals surface area contributed by atoms with Gasteiger partial charge in [0.25, 0.3) is 5.56 Å². The summed E-state index contributed by atoms with van der Waals surface area (Å²) < 4.78 is 1.63. The first kappa shape index (κ1) is 17.4. The Labute approximate surface area is 150 Å². The quantitative estimate of drug-likeness (QED) is 0.383. The number of aromatic nitrogens is 2. The van der Waals surface area contributed by atoms with Crippen LogP contribution in [-0.2, 0) is 13.0 Å². The molecule has 1 aromatic heterocycles. The van der Waals surface area contributed by atoms with Gasteiger partial charge in [-0.1, -0.05) is 55.1 Å². The third-order valence-electron chi connectivity index (χ3n) is 4.16. The smallest absolute Gasteiger partial charge is 0.262 e. The zero-order valence-corrected chi connectivity index (χ0v) is 15.2. The Morgan fingerprint density at radius 3 is 2.48 bits per heavy atom. The normalized spacial score (nSPS) is 11.0. The van der Waals surface area contributed by atoms with Crippen LogP contribution in [0.15, 0.2) is 58.5 Å². The van der Waals surface area contributed by atoms with Crippen LogP contribution in [-0.4, -0.2) is 21.1 Å². The fourth-order valence-corrected chi connectivity index (χ4v) is 3.63. The first-order valence-electron chi connectivity index (χ1n) is 8.38. The molecule has 0 amide bonds. The van der Waals surface area contributed by atoms with E-state index in [0.717, 1.165) is 6.42 Å². The van der Waals surface area contributed by atoms with Gasteiger partial charge in [-0.05, 0) is 31.0 Å². The molecule has 0 fully saturated rings. The topological polar surface area (TPSA) is 52.0 Å². The zero-order chi connectivity index (χ0) is 17.8. The summed E-state index contributed by atoms with van der Waals surface area (Å²) in [6.07, 6.45) is 0.951. The highest BCUT2D eigenvalue weighted by Gasteiger charge is 2.13. The molecule has 0 atom stereocenters. The summed E-state index contributed by atoms with van der Waals surface area (Å²) in [5.41, 5.74) is 2.51.